The molecule has 6 aliphatic rings. The first-order valence-electron chi connectivity index (χ1n) is 20.6. The van der Waals surface area contributed by atoms with E-state index in [-0.39, 0.29) is 38.1 Å². The third-order valence-electron chi connectivity index (χ3n) is 12.7. The highest BCUT2D eigenvalue weighted by Gasteiger charge is 2.64. The lowest BCUT2D eigenvalue weighted by molar-refractivity contribution is -0.141. The van der Waals surface area contributed by atoms with E-state index in [1.54, 1.807) is 45.9 Å². The molecule has 0 unspecified atom stereocenters. The van der Waals surface area contributed by atoms with Gasteiger partial charge in [0.05, 0.1) is 29.6 Å². The third kappa shape index (κ3) is 7.61. The van der Waals surface area contributed by atoms with E-state index in [1.165, 1.54) is 12.0 Å². The number of aromatic nitrogens is 1. The SMILES string of the molecule is COc1ccc2nc(C3CC3)c3c(c2c1)[C@H](F)C[C@]1(C[C@H]2C(=O)N[C@]4(C(=O)NS(=O)(=O)C5(C)CC5)C[C@H]4/C=C\CCCCC[C@H](NC(=O)OC(C)(C)C)C(=O)N2C1)O3. The number of carbonyl (C=O) groups is 4. The number of nitrogens with zero attached hydrogens (tertiary/aromatic N) is 2. The van der Waals surface area contributed by atoms with E-state index in [2.05, 4.69) is 15.4 Å². The fourth-order valence-electron chi connectivity index (χ4n) is 8.79. The largest absolute Gasteiger partial charge is 0.497 e. The first-order valence-corrected chi connectivity index (χ1v) is 22.0. The average molecular weight is 824 g/mol. The van der Waals surface area contributed by atoms with Crippen LogP contribution in [-0.4, -0.2) is 89.3 Å². The van der Waals surface area contributed by atoms with Crippen LogP contribution in [-0.2, 0) is 29.1 Å². The van der Waals surface area contributed by atoms with Gasteiger partial charge in [-0.05, 0) is 97.3 Å². The van der Waals surface area contributed by atoms with Crippen LogP contribution in [0.25, 0.3) is 10.9 Å². The Bertz CT molecular complexity index is 2180. The second kappa shape index (κ2) is 14.4. The molecule has 314 valence electrons. The zero-order chi connectivity index (χ0) is 41.4. The summed E-state index contributed by atoms with van der Waals surface area (Å²) in [6.45, 7) is 6.53. The lowest BCUT2D eigenvalue weighted by Gasteiger charge is -2.38. The lowest BCUT2D eigenvalue weighted by atomic mass is 9.85. The number of methoxy groups -OCH3 is 1. The number of hydrogen-bond donors (Lipinski definition) is 3. The van der Waals surface area contributed by atoms with Crippen LogP contribution in [0.15, 0.2) is 30.4 Å². The minimum absolute atomic E-state index is 0.0641. The molecule has 1 spiro atoms. The zero-order valence-corrected chi connectivity index (χ0v) is 34.6. The Morgan fingerprint density at radius 2 is 1.83 bits per heavy atom. The molecule has 0 bridgehead atoms. The average Bonchev–Trinajstić information content (AvgIpc) is 4.08. The van der Waals surface area contributed by atoms with Crippen molar-refractivity contribution in [3.8, 4) is 11.5 Å². The van der Waals surface area contributed by atoms with Gasteiger partial charge in [0.25, 0.3) is 5.91 Å². The number of sulfonamides is 1. The van der Waals surface area contributed by atoms with Crippen LogP contribution in [0.2, 0.25) is 0 Å². The van der Waals surface area contributed by atoms with Gasteiger partial charge in [0.2, 0.25) is 21.8 Å². The minimum atomic E-state index is -4.04. The monoisotopic (exact) mass is 823 g/mol. The summed E-state index contributed by atoms with van der Waals surface area (Å²) in [7, 11) is -2.51. The molecular weight excluding hydrogens is 770 g/mol. The van der Waals surface area contributed by atoms with E-state index in [0.29, 0.717) is 59.3 Å². The van der Waals surface area contributed by atoms with Gasteiger partial charge in [-0.2, -0.15) is 0 Å². The van der Waals surface area contributed by atoms with Crippen molar-refractivity contribution in [1.82, 2.24) is 25.2 Å². The van der Waals surface area contributed by atoms with Crippen molar-refractivity contribution in [1.29, 1.82) is 0 Å². The maximum atomic E-state index is 17.1. The highest BCUT2D eigenvalue weighted by Crippen LogP contribution is 2.55. The van der Waals surface area contributed by atoms with Gasteiger partial charge in [0.1, 0.15) is 46.5 Å². The molecule has 1 aromatic heterocycles. The highest BCUT2D eigenvalue weighted by molar-refractivity contribution is 7.91. The molecule has 58 heavy (non-hydrogen) atoms. The maximum absolute atomic E-state index is 17.1. The van der Waals surface area contributed by atoms with Gasteiger partial charge < -0.3 is 29.7 Å². The standard InChI is InChI=1S/C42H54FN5O9S/c1-39(2,3)57-38(52)45-30-12-10-8-6-7-9-11-25-20-42(25,37(51)47-58(53,54)40(4)17-18-40)46-35(49)31-22-41(23-48(31)36(30)50)21-28(43)32-27-19-26(55-5)15-16-29(27)44-33(24-13-14-24)34(32)56-41/h9,11,15-16,19,24-25,28,30-31H,6-8,10,12-14,17-18,20-23H2,1-5H3,(H,45,52)(H,46,49)(H,47,51)/b11-9-/t25-,28-,30+,31+,41-,42-/m1/s1. The van der Waals surface area contributed by atoms with Gasteiger partial charge in [-0.25, -0.2) is 22.6 Å². The van der Waals surface area contributed by atoms with Gasteiger partial charge in [0, 0.05) is 35.6 Å². The molecule has 1 saturated heterocycles. The zero-order valence-electron chi connectivity index (χ0n) is 33.8. The Labute approximate surface area is 338 Å². The maximum Gasteiger partial charge on any atom is 0.408 e. The Balaban J connectivity index is 1.17. The number of fused-ring (bicyclic) bond motifs is 5. The van der Waals surface area contributed by atoms with Crippen LogP contribution in [0.1, 0.15) is 128 Å². The van der Waals surface area contributed by atoms with E-state index in [9.17, 15) is 27.6 Å². The molecule has 4 heterocycles. The number of benzene rings is 1. The Hall–Kier alpha value is -4.47. The van der Waals surface area contributed by atoms with Gasteiger partial charge in [-0.15, -0.1) is 0 Å². The van der Waals surface area contributed by atoms with E-state index < -0.39 is 79.5 Å². The highest BCUT2D eigenvalue weighted by atomic mass is 32.2. The number of alkyl carbamates (subject to hydrolysis) is 1. The second-order valence-electron chi connectivity index (χ2n) is 18.5. The predicted octanol–water partition coefficient (Wildman–Crippen LogP) is 5.54. The smallest absolute Gasteiger partial charge is 0.408 e. The third-order valence-corrected chi connectivity index (χ3v) is 14.8. The quantitative estimate of drug-likeness (QED) is 0.313. The lowest BCUT2D eigenvalue weighted by Crippen LogP contribution is -2.58. The van der Waals surface area contributed by atoms with Crippen LogP contribution in [0.5, 0.6) is 11.5 Å². The van der Waals surface area contributed by atoms with Crippen LogP contribution in [0, 0.1) is 5.92 Å². The van der Waals surface area contributed by atoms with E-state index in [4.69, 9.17) is 19.2 Å². The molecule has 3 aliphatic carbocycles. The van der Waals surface area contributed by atoms with Gasteiger partial charge in [-0.1, -0.05) is 25.0 Å². The number of rotatable bonds is 6. The van der Waals surface area contributed by atoms with Gasteiger partial charge >= 0.3 is 6.09 Å². The molecule has 1 aromatic carbocycles. The summed E-state index contributed by atoms with van der Waals surface area (Å²) in [6, 6.07) is 2.96. The van der Waals surface area contributed by atoms with Crippen molar-refractivity contribution < 1.29 is 46.2 Å². The van der Waals surface area contributed by atoms with E-state index in [1.807, 2.05) is 12.2 Å². The molecule has 4 amide bonds. The fourth-order valence-corrected chi connectivity index (χ4v) is 10.1. The number of pyridine rings is 1. The molecule has 8 rings (SSSR count). The minimum Gasteiger partial charge on any atom is -0.497 e. The van der Waals surface area contributed by atoms with Gasteiger partial charge in [0.15, 0.2) is 0 Å². The molecule has 3 aliphatic heterocycles. The van der Waals surface area contributed by atoms with Crippen LogP contribution in [0.4, 0.5) is 9.18 Å². The van der Waals surface area contributed by atoms with Crippen molar-refractivity contribution in [2.75, 3.05) is 13.7 Å². The topological polar surface area (TPSA) is 182 Å². The Morgan fingerprint density at radius 3 is 2.52 bits per heavy atom. The van der Waals surface area contributed by atoms with Crippen molar-refractivity contribution in [3.05, 3.63) is 41.6 Å². The number of alkyl halides is 1. The molecule has 3 N–H and O–H groups in total. The normalized spacial score (nSPS) is 31.3. The number of ether oxygens (including phenoxy) is 3. The number of nitrogens with one attached hydrogen (secondary N) is 3. The van der Waals surface area contributed by atoms with Crippen molar-refractivity contribution >= 4 is 44.7 Å². The second-order valence-corrected chi connectivity index (χ2v) is 20.7. The van der Waals surface area contributed by atoms with Crippen molar-refractivity contribution in [2.45, 2.75) is 150 Å². The van der Waals surface area contributed by atoms with Crippen LogP contribution < -0.4 is 24.8 Å². The predicted molar refractivity (Wildman–Crippen MR) is 211 cm³/mol. The van der Waals surface area contributed by atoms with Crippen molar-refractivity contribution in [3.63, 3.8) is 0 Å². The number of hydrogen-bond acceptors (Lipinski definition) is 10. The molecule has 6 atom stereocenters. The number of halogens is 1. The van der Waals surface area contributed by atoms with E-state index in [0.717, 1.165) is 25.7 Å². The first kappa shape index (κ1) is 40.3. The number of amides is 4. The molecular formula is C42H54FN5O9S. The Kier molecular flexibility index (Phi) is 9.99. The molecule has 16 heteroatoms. The Morgan fingerprint density at radius 1 is 1.07 bits per heavy atom. The van der Waals surface area contributed by atoms with Crippen LogP contribution >= 0.6 is 0 Å². The first-order chi connectivity index (χ1) is 27.4. The van der Waals surface area contributed by atoms with Crippen LogP contribution in [0.3, 0.4) is 0 Å². The molecule has 2 aromatic rings. The summed E-state index contributed by atoms with van der Waals surface area (Å²) in [5, 5.41) is 6.19. The van der Waals surface area contributed by atoms with Crippen molar-refractivity contribution in [2.24, 2.45) is 5.92 Å². The summed E-state index contributed by atoms with van der Waals surface area (Å²) in [6.07, 6.45) is 6.78. The fraction of sp³-hybridized carbons (Fsp3) is 0.643. The number of carbonyl (C=O) groups excluding carboxylic acids is 4. The van der Waals surface area contributed by atoms with Gasteiger partial charge in [-0.3, -0.25) is 19.1 Å². The summed E-state index contributed by atoms with van der Waals surface area (Å²) < 4.78 is 62.7. The summed E-state index contributed by atoms with van der Waals surface area (Å²) >= 11 is 0. The summed E-state index contributed by atoms with van der Waals surface area (Å²) in [5.74, 6) is -1.69. The molecule has 0 radical (unpaired) electrons. The summed E-state index contributed by atoms with van der Waals surface area (Å²) in [5.41, 5.74) is -2.22. The molecule has 3 saturated carbocycles. The molecule has 4 fully saturated rings. The summed E-state index contributed by atoms with van der Waals surface area (Å²) in [4.78, 5) is 63.0. The van der Waals surface area contributed by atoms with E-state index >= 15 is 4.39 Å². The number of allylic oxidation sites excluding steroid dienone is 1. The molecule has 14 nitrogen and oxygen atoms in total.